The lowest BCUT2D eigenvalue weighted by molar-refractivity contribution is -0.119. The van der Waals surface area contributed by atoms with Gasteiger partial charge in [0.2, 0.25) is 5.91 Å². The minimum atomic E-state index is -1.85. The summed E-state index contributed by atoms with van der Waals surface area (Å²) < 4.78 is 6.33. The molecule has 27 heavy (non-hydrogen) atoms. The van der Waals surface area contributed by atoms with Crippen LogP contribution in [0.1, 0.15) is 39.2 Å². The Morgan fingerprint density at radius 1 is 1.11 bits per heavy atom. The number of benzene rings is 1. The smallest absolute Gasteiger partial charge is 0.235 e. The molecule has 4 nitrogen and oxygen atoms in total. The van der Waals surface area contributed by atoms with Crippen molar-refractivity contribution in [1.82, 2.24) is 4.98 Å². The number of pyridine rings is 1. The van der Waals surface area contributed by atoms with Crippen molar-refractivity contribution in [3.63, 3.8) is 0 Å². The Morgan fingerprint density at radius 2 is 1.78 bits per heavy atom. The molecular weight excluding hydrogens is 352 g/mol. The monoisotopic (exact) mass is 382 g/mol. The van der Waals surface area contributed by atoms with Crippen LogP contribution in [0.2, 0.25) is 18.1 Å². The average Bonchev–Trinajstić information content (AvgIpc) is 2.71. The lowest BCUT2D eigenvalue weighted by Crippen LogP contribution is -2.44. The molecule has 0 aliphatic carbocycles. The first-order valence-electron chi connectivity index (χ1n) is 9.63. The Morgan fingerprint density at radius 3 is 2.48 bits per heavy atom. The summed E-state index contributed by atoms with van der Waals surface area (Å²) in [7, 11) is -1.85. The number of hydrogen-bond donors (Lipinski definition) is 0. The minimum Gasteiger partial charge on any atom is -0.415 e. The predicted molar refractivity (Wildman–Crippen MR) is 114 cm³/mol. The SMILES string of the molecule is CC1C(=O)N(CCO[Si](C)(C)C(C)(C)C)c2ncccc2-c2ccccc21. The first kappa shape index (κ1) is 19.8. The molecule has 0 bridgehead atoms. The number of carbonyl (C=O) groups is 1. The molecule has 1 unspecified atom stereocenters. The van der Waals surface area contributed by atoms with Crippen LogP contribution in [0.5, 0.6) is 0 Å². The number of aromatic nitrogens is 1. The number of nitrogens with zero attached hydrogens (tertiary/aromatic N) is 2. The van der Waals surface area contributed by atoms with Gasteiger partial charge in [-0.2, -0.15) is 0 Å². The van der Waals surface area contributed by atoms with Crippen molar-refractivity contribution in [2.24, 2.45) is 0 Å². The Kier molecular flexibility index (Phi) is 5.28. The van der Waals surface area contributed by atoms with Crippen molar-refractivity contribution in [3.05, 3.63) is 48.2 Å². The van der Waals surface area contributed by atoms with Crippen LogP contribution in [-0.2, 0) is 9.22 Å². The number of hydrogen-bond acceptors (Lipinski definition) is 3. The number of rotatable bonds is 4. The highest BCUT2D eigenvalue weighted by Crippen LogP contribution is 2.40. The van der Waals surface area contributed by atoms with Crippen LogP contribution in [0.25, 0.3) is 11.1 Å². The maximum absolute atomic E-state index is 13.3. The summed E-state index contributed by atoms with van der Waals surface area (Å²) in [5, 5.41) is 0.148. The maximum Gasteiger partial charge on any atom is 0.235 e. The van der Waals surface area contributed by atoms with Crippen LogP contribution >= 0.6 is 0 Å². The van der Waals surface area contributed by atoms with Gasteiger partial charge in [0.15, 0.2) is 8.32 Å². The highest BCUT2D eigenvalue weighted by molar-refractivity contribution is 6.74. The summed E-state index contributed by atoms with van der Waals surface area (Å²) in [6.07, 6.45) is 1.76. The van der Waals surface area contributed by atoms with Gasteiger partial charge >= 0.3 is 0 Å². The van der Waals surface area contributed by atoms with Crippen molar-refractivity contribution in [2.45, 2.75) is 51.7 Å². The van der Waals surface area contributed by atoms with E-state index in [1.165, 1.54) is 0 Å². The van der Waals surface area contributed by atoms with Crippen LogP contribution in [0.3, 0.4) is 0 Å². The highest BCUT2D eigenvalue weighted by Gasteiger charge is 2.38. The van der Waals surface area contributed by atoms with E-state index >= 15 is 0 Å². The molecule has 0 spiro atoms. The molecule has 3 rings (SSSR count). The largest absolute Gasteiger partial charge is 0.415 e. The number of anilines is 1. The van der Waals surface area contributed by atoms with Crippen molar-refractivity contribution >= 4 is 20.0 Å². The first-order valence-corrected chi connectivity index (χ1v) is 12.5. The molecule has 1 aliphatic rings. The molecule has 0 fully saturated rings. The summed E-state index contributed by atoms with van der Waals surface area (Å²) in [6, 6.07) is 12.1. The van der Waals surface area contributed by atoms with E-state index in [-0.39, 0.29) is 16.9 Å². The fourth-order valence-electron chi connectivity index (χ4n) is 3.24. The average molecular weight is 383 g/mol. The molecule has 1 aliphatic heterocycles. The first-order chi connectivity index (χ1) is 12.6. The van der Waals surface area contributed by atoms with Crippen LogP contribution in [0, 0.1) is 0 Å². The van der Waals surface area contributed by atoms with Crippen LogP contribution in [0.4, 0.5) is 5.82 Å². The molecule has 0 saturated carbocycles. The fraction of sp³-hybridized carbons (Fsp3) is 0.455. The second kappa shape index (κ2) is 7.21. The second-order valence-corrected chi connectivity index (χ2v) is 13.6. The molecule has 0 radical (unpaired) electrons. The van der Waals surface area contributed by atoms with Gasteiger partial charge in [-0.1, -0.05) is 45.0 Å². The van der Waals surface area contributed by atoms with E-state index in [9.17, 15) is 4.79 Å². The van der Waals surface area contributed by atoms with E-state index in [2.05, 4.69) is 44.9 Å². The molecule has 144 valence electrons. The summed E-state index contributed by atoms with van der Waals surface area (Å²) in [5.41, 5.74) is 3.16. The molecule has 1 aromatic carbocycles. The minimum absolute atomic E-state index is 0.0822. The molecule has 2 aromatic rings. The molecule has 0 N–H and O–H groups in total. The Bertz CT molecular complexity index is 842. The molecule has 1 amide bonds. The van der Waals surface area contributed by atoms with E-state index in [4.69, 9.17) is 4.43 Å². The quantitative estimate of drug-likeness (QED) is 0.681. The maximum atomic E-state index is 13.3. The zero-order valence-electron chi connectivity index (χ0n) is 17.2. The lowest BCUT2D eigenvalue weighted by Gasteiger charge is -2.36. The molecule has 0 saturated heterocycles. The molecule has 1 atom stereocenters. The van der Waals surface area contributed by atoms with Gasteiger partial charge in [-0.05, 0) is 48.3 Å². The Balaban J connectivity index is 1.92. The fourth-order valence-corrected chi connectivity index (χ4v) is 4.27. The van der Waals surface area contributed by atoms with Crippen molar-refractivity contribution in [1.29, 1.82) is 0 Å². The molecule has 2 heterocycles. The van der Waals surface area contributed by atoms with Gasteiger partial charge in [-0.3, -0.25) is 9.69 Å². The second-order valence-electron chi connectivity index (χ2n) is 8.78. The van der Waals surface area contributed by atoms with Crippen molar-refractivity contribution in [2.75, 3.05) is 18.1 Å². The van der Waals surface area contributed by atoms with Crippen LogP contribution < -0.4 is 4.90 Å². The highest BCUT2D eigenvalue weighted by atomic mass is 28.4. The zero-order chi connectivity index (χ0) is 19.8. The third-order valence-corrected chi connectivity index (χ3v) is 10.5. The van der Waals surface area contributed by atoms with Gasteiger partial charge in [0, 0.05) is 18.3 Å². The number of carbonyl (C=O) groups excluding carboxylic acids is 1. The summed E-state index contributed by atoms with van der Waals surface area (Å²) in [5.74, 6) is 0.611. The summed E-state index contributed by atoms with van der Waals surface area (Å²) in [4.78, 5) is 19.6. The Hall–Kier alpha value is -1.98. The van der Waals surface area contributed by atoms with Gasteiger partial charge in [0.05, 0.1) is 12.5 Å². The lowest BCUT2D eigenvalue weighted by atomic mass is 9.93. The zero-order valence-corrected chi connectivity index (χ0v) is 18.2. The van der Waals surface area contributed by atoms with E-state index < -0.39 is 8.32 Å². The molecule has 5 heteroatoms. The third kappa shape index (κ3) is 3.71. The predicted octanol–water partition coefficient (Wildman–Crippen LogP) is 5.22. The standard InChI is InChI=1S/C22H30N2O2Si/c1-16-17-10-7-8-11-18(17)19-12-9-13-23-20(19)24(21(16)25)14-15-26-27(5,6)22(2,3)4/h7-13,16H,14-15H2,1-6H3. The van der Waals surface area contributed by atoms with Gasteiger partial charge in [0.25, 0.3) is 0 Å². The summed E-state index contributed by atoms with van der Waals surface area (Å²) >= 11 is 0. The van der Waals surface area contributed by atoms with Crippen molar-refractivity contribution in [3.8, 4) is 11.1 Å². The Labute approximate surface area is 163 Å². The molecular formula is C22H30N2O2Si. The van der Waals surface area contributed by atoms with Crippen LogP contribution in [0.15, 0.2) is 42.6 Å². The summed E-state index contributed by atoms with van der Waals surface area (Å²) in [6.45, 7) is 14.2. The normalized spacial score (nSPS) is 17.3. The number of fused-ring (bicyclic) bond motifs is 3. The van der Waals surface area contributed by atoms with Gasteiger partial charge in [0.1, 0.15) is 5.82 Å². The van der Waals surface area contributed by atoms with Gasteiger partial charge in [-0.25, -0.2) is 4.98 Å². The van der Waals surface area contributed by atoms with E-state index in [1.807, 2.05) is 42.2 Å². The van der Waals surface area contributed by atoms with Crippen LogP contribution in [-0.4, -0.2) is 32.4 Å². The number of amides is 1. The van der Waals surface area contributed by atoms with Gasteiger partial charge < -0.3 is 4.43 Å². The van der Waals surface area contributed by atoms with Crippen molar-refractivity contribution < 1.29 is 9.22 Å². The molecule has 1 aromatic heterocycles. The van der Waals surface area contributed by atoms with E-state index in [0.717, 1.165) is 22.5 Å². The third-order valence-electron chi connectivity index (χ3n) is 5.98. The van der Waals surface area contributed by atoms with E-state index in [1.54, 1.807) is 6.20 Å². The van der Waals surface area contributed by atoms with E-state index in [0.29, 0.717) is 13.2 Å². The van der Waals surface area contributed by atoms with Gasteiger partial charge in [-0.15, -0.1) is 0 Å². The topological polar surface area (TPSA) is 42.4 Å².